The molecule has 0 radical (unpaired) electrons. The zero-order valence-corrected chi connectivity index (χ0v) is 20.5. The molecule has 33 heavy (non-hydrogen) atoms. The predicted molar refractivity (Wildman–Crippen MR) is 128 cm³/mol. The molecule has 1 aliphatic heterocycles. The maximum Gasteiger partial charge on any atom is 0.295 e. The van der Waals surface area contributed by atoms with Crippen molar-refractivity contribution in [3.8, 4) is 11.5 Å². The van der Waals surface area contributed by atoms with Crippen molar-refractivity contribution in [3.63, 3.8) is 0 Å². The standard InChI is InChI=1S/C25H28BrNO6/c1-4-32-20-14-17(8-11-19(20)28)22-21(23(29)16-6-9-18(26)10-7-16)24(30)25(31)27(22)12-5-13-33-15(2)3/h6-11,14-15,22,28-29H,4-5,12-13H2,1-3H3/t22-/m1/s1. The Morgan fingerprint density at radius 1 is 1.15 bits per heavy atom. The van der Waals surface area contributed by atoms with E-state index in [0.717, 1.165) is 4.47 Å². The SMILES string of the molecule is CCOc1cc([C@@H]2C(=C(O)c3ccc(Br)cc3)C(=O)C(=O)N2CCCOC(C)C)ccc1O. The van der Waals surface area contributed by atoms with E-state index >= 15 is 0 Å². The molecule has 2 aromatic carbocycles. The van der Waals surface area contributed by atoms with Crippen LogP contribution < -0.4 is 4.74 Å². The van der Waals surface area contributed by atoms with Crippen molar-refractivity contribution >= 4 is 33.4 Å². The van der Waals surface area contributed by atoms with Crippen LogP contribution in [0.4, 0.5) is 0 Å². The van der Waals surface area contributed by atoms with Gasteiger partial charge in [-0.25, -0.2) is 0 Å². The number of ether oxygens (including phenoxy) is 2. The monoisotopic (exact) mass is 517 g/mol. The number of hydrogen-bond acceptors (Lipinski definition) is 6. The number of hydrogen-bond donors (Lipinski definition) is 2. The molecule has 0 bridgehead atoms. The fourth-order valence-corrected chi connectivity index (χ4v) is 4.01. The second-order valence-corrected chi connectivity index (χ2v) is 8.85. The Morgan fingerprint density at radius 3 is 2.48 bits per heavy atom. The van der Waals surface area contributed by atoms with Crippen molar-refractivity contribution in [1.82, 2.24) is 4.90 Å². The first-order valence-electron chi connectivity index (χ1n) is 10.9. The molecule has 0 unspecified atom stereocenters. The van der Waals surface area contributed by atoms with Gasteiger partial charge in [0.2, 0.25) is 0 Å². The van der Waals surface area contributed by atoms with Crippen molar-refractivity contribution < 1.29 is 29.3 Å². The number of carbonyl (C=O) groups is 2. The number of Topliss-reactive ketones (excluding diaryl/α,β-unsaturated/α-hetero) is 1. The number of nitrogens with zero attached hydrogens (tertiary/aromatic N) is 1. The minimum atomic E-state index is -0.826. The van der Waals surface area contributed by atoms with E-state index in [0.29, 0.717) is 30.8 Å². The van der Waals surface area contributed by atoms with Gasteiger partial charge in [0.1, 0.15) is 5.76 Å². The Hall–Kier alpha value is -2.84. The fraction of sp³-hybridized carbons (Fsp3) is 0.360. The number of aromatic hydroxyl groups is 1. The minimum Gasteiger partial charge on any atom is -0.507 e. The molecule has 1 saturated heterocycles. The van der Waals surface area contributed by atoms with Gasteiger partial charge in [-0.15, -0.1) is 0 Å². The van der Waals surface area contributed by atoms with Gasteiger partial charge in [0.15, 0.2) is 11.5 Å². The normalized spacial score (nSPS) is 17.7. The van der Waals surface area contributed by atoms with Crippen molar-refractivity contribution in [1.29, 1.82) is 0 Å². The Balaban J connectivity index is 2.07. The quantitative estimate of drug-likeness (QED) is 0.215. The van der Waals surface area contributed by atoms with Gasteiger partial charge in [0.25, 0.3) is 11.7 Å². The molecular formula is C25H28BrNO6. The fourth-order valence-electron chi connectivity index (χ4n) is 3.75. The first kappa shape index (κ1) is 24.8. The number of phenols is 1. The molecule has 1 aliphatic rings. The van der Waals surface area contributed by atoms with E-state index in [1.54, 1.807) is 43.3 Å². The van der Waals surface area contributed by atoms with Crippen LogP contribution in [-0.2, 0) is 14.3 Å². The minimum absolute atomic E-state index is 0.000221. The number of carbonyl (C=O) groups excluding carboxylic acids is 2. The molecule has 1 atom stereocenters. The summed E-state index contributed by atoms with van der Waals surface area (Å²) in [6.45, 7) is 6.68. The Morgan fingerprint density at radius 2 is 1.85 bits per heavy atom. The number of halogens is 1. The molecule has 1 fully saturated rings. The van der Waals surface area contributed by atoms with Gasteiger partial charge >= 0.3 is 0 Å². The van der Waals surface area contributed by atoms with Crippen molar-refractivity contribution in [2.24, 2.45) is 0 Å². The van der Waals surface area contributed by atoms with Gasteiger partial charge in [-0.1, -0.05) is 34.1 Å². The number of likely N-dealkylation sites (tertiary alicyclic amines) is 1. The van der Waals surface area contributed by atoms with Crippen LogP contribution in [-0.4, -0.2) is 52.7 Å². The number of amides is 1. The summed E-state index contributed by atoms with van der Waals surface area (Å²) >= 11 is 3.36. The van der Waals surface area contributed by atoms with E-state index < -0.39 is 17.7 Å². The second kappa shape index (κ2) is 10.9. The third-order valence-electron chi connectivity index (χ3n) is 5.25. The van der Waals surface area contributed by atoms with Gasteiger partial charge in [-0.3, -0.25) is 9.59 Å². The van der Waals surface area contributed by atoms with Gasteiger partial charge in [0.05, 0.1) is 24.3 Å². The highest BCUT2D eigenvalue weighted by atomic mass is 79.9. The highest BCUT2D eigenvalue weighted by Crippen LogP contribution is 2.42. The van der Waals surface area contributed by atoms with E-state index in [-0.39, 0.29) is 35.5 Å². The molecular weight excluding hydrogens is 490 g/mol. The summed E-state index contributed by atoms with van der Waals surface area (Å²) in [7, 11) is 0. The average Bonchev–Trinajstić information content (AvgIpc) is 3.03. The average molecular weight is 518 g/mol. The van der Waals surface area contributed by atoms with Crippen molar-refractivity contribution in [2.75, 3.05) is 19.8 Å². The molecule has 176 valence electrons. The highest BCUT2D eigenvalue weighted by Gasteiger charge is 2.46. The van der Waals surface area contributed by atoms with E-state index in [4.69, 9.17) is 9.47 Å². The summed E-state index contributed by atoms with van der Waals surface area (Å²) in [4.78, 5) is 27.5. The summed E-state index contributed by atoms with van der Waals surface area (Å²) in [6.07, 6.45) is 0.579. The molecule has 0 aromatic heterocycles. The smallest absolute Gasteiger partial charge is 0.295 e. The number of aliphatic hydroxyl groups is 1. The third-order valence-corrected chi connectivity index (χ3v) is 5.78. The van der Waals surface area contributed by atoms with Crippen LogP contribution in [0.2, 0.25) is 0 Å². The molecule has 7 nitrogen and oxygen atoms in total. The first-order chi connectivity index (χ1) is 15.7. The number of phenolic OH excluding ortho intramolecular Hbond substituents is 1. The third kappa shape index (κ3) is 5.57. The molecule has 8 heteroatoms. The van der Waals surface area contributed by atoms with Crippen LogP contribution >= 0.6 is 15.9 Å². The Labute approximate surface area is 201 Å². The van der Waals surface area contributed by atoms with Crippen molar-refractivity contribution in [3.05, 3.63) is 63.6 Å². The molecule has 1 amide bonds. The van der Waals surface area contributed by atoms with Crippen molar-refractivity contribution in [2.45, 2.75) is 39.3 Å². The summed E-state index contributed by atoms with van der Waals surface area (Å²) in [6, 6.07) is 10.7. The van der Waals surface area contributed by atoms with E-state index in [9.17, 15) is 19.8 Å². The molecule has 0 saturated carbocycles. The van der Waals surface area contributed by atoms with Crippen LogP contribution in [0.1, 0.15) is 44.4 Å². The van der Waals surface area contributed by atoms with Crippen LogP contribution in [0.15, 0.2) is 52.5 Å². The van der Waals surface area contributed by atoms with Crippen LogP contribution in [0.5, 0.6) is 11.5 Å². The van der Waals surface area contributed by atoms with Crippen LogP contribution in [0.3, 0.4) is 0 Å². The van der Waals surface area contributed by atoms with Gasteiger partial charge in [-0.05, 0) is 57.0 Å². The number of ketones is 1. The number of aliphatic hydroxyl groups excluding tert-OH is 1. The molecule has 3 rings (SSSR count). The topological polar surface area (TPSA) is 96.3 Å². The Kier molecular flexibility index (Phi) is 8.15. The highest BCUT2D eigenvalue weighted by molar-refractivity contribution is 9.10. The summed E-state index contributed by atoms with van der Waals surface area (Å²) in [5, 5.41) is 21.2. The number of benzene rings is 2. The lowest BCUT2D eigenvalue weighted by atomic mass is 9.95. The number of rotatable bonds is 9. The van der Waals surface area contributed by atoms with Gasteiger partial charge in [-0.2, -0.15) is 0 Å². The summed E-state index contributed by atoms with van der Waals surface area (Å²) in [5.41, 5.74) is 0.979. The van der Waals surface area contributed by atoms with Crippen LogP contribution in [0.25, 0.3) is 5.76 Å². The lowest BCUT2D eigenvalue weighted by Gasteiger charge is -2.26. The van der Waals surface area contributed by atoms with E-state index in [1.807, 2.05) is 13.8 Å². The van der Waals surface area contributed by atoms with Gasteiger partial charge in [0, 0.05) is 23.2 Å². The molecule has 0 aliphatic carbocycles. The predicted octanol–water partition coefficient (Wildman–Crippen LogP) is 4.79. The molecule has 2 aromatic rings. The lowest BCUT2D eigenvalue weighted by molar-refractivity contribution is -0.140. The van der Waals surface area contributed by atoms with E-state index in [2.05, 4.69) is 15.9 Å². The maximum absolute atomic E-state index is 13.1. The summed E-state index contributed by atoms with van der Waals surface area (Å²) in [5.74, 6) is -1.49. The molecule has 2 N–H and O–H groups in total. The van der Waals surface area contributed by atoms with E-state index in [1.165, 1.54) is 11.0 Å². The zero-order valence-electron chi connectivity index (χ0n) is 18.9. The second-order valence-electron chi connectivity index (χ2n) is 7.93. The van der Waals surface area contributed by atoms with Crippen LogP contribution in [0, 0.1) is 0 Å². The zero-order chi connectivity index (χ0) is 24.1. The Bertz CT molecular complexity index is 1050. The molecule has 1 heterocycles. The van der Waals surface area contributed by atoms with Gasteiger partial charge < -0.3 is 24.6 Å². The lowest BCUT2D eigenvalue weighted by Crippen LogP contribution is -2.31. The maximum atomic E-state index is 13.1. The summed E-state index contributed by atoms with van der Waals surface area (Å²) < 4.78 is 11.9. The molecule has 0 spiro atoms. The largest absolute Gasteiger partial charge is 0.507 e. The first-order valence-corrected chi connectivity index (χ1v) is 11.7.